The molecule has 0 aliphatic carbocycles. The first-order valence-electron chi connectivity index (χ1n) is 7.19. The summed E-state index contributed by atoms with van der Waals surface area (Å²) in [5.41, 5.74) is 0.686. The number of aromatic nitrogens is 1. The minimum Gasteiger partial charge on any atom is -0.481 e. The Morgan fingerprint density at radius 2 is 1.95 bits per heavy atom. The number of aliphatic carboxylic acids is 1. The van der Waals surface area contributed by atoms with Crippen molar-refractivity contribution in [1.29, 1.82) is 0 Å². The molecule has 1 aromatic rings. The molecule has 0 saturated carbocycles. The van der Waals surface area contributed by atoms with E-state index in [-0.39, 0.29) is 18.4 Å². The third-order valence-electron chi connectivity index (χ3n) is 3.17. The zero-order valence-electron chi connectivity index (χ0n) is 12.3. The molecular formula is C15H24N2O3. The number of hydrogen-bond donors (Lipinski definition) is 2. The van der Waals surface area contributed by atoms with Crippen molar-refractivity contribution in [2.45, 2.75) is 52.0 Å². The quantitative estimate of drug-likeness (QED) is 0.683. The standard InChI is InChI=1S/C15H24N2O3/c1-12(2)17-11-7-8-13(17)15(20)16-10-6-4-3-5-9-14(18)19/h7-8,11-12H,3-6,9-10H2,1-2H3,(H,16,20)(H,18,19). The zero-order chi connectivity index (χ0) is 15.0. The molecule has 5 heteroatoms. The van der Waals surface area contributed by atoms with E-state index >= 15 is 0 Å². The molecule has 0 atom stereocenters. The van der Waals surface area contributed by atoms with Crippen LogP contribution in [0.3, 0.4) is 0 Å². The van der Waals surface area contributed by atoms with Gasteiger partial charge < -0.3 is 15.0 Å². The fraction of sp³-hybridized carbons (Fsp3) is 0.600. The van der Waals surface area contributed by atoms with E-state index in [0.717, 1.165) is 19.3 Å². The lowest BCUT2D eigenvalue weighted by Crippen LogP contribution is -2.27. The van der Waals surface area contributed by atoms with Gasteiger partial charge in [-0.05, 0) is 38.8 Å². The molecule has 0 unspecified atom stereocenters. The number of carboxylic acid groups (broad SMARTS) is 1. The number of nitrogens with one attached hydrogen (secondary N) is 1. The van der Waals surface area contributed by atoms with Crippen LogP contribution >= 0.6 is 0 Å². The van der Waals surface area contributed by atoms with Crippen LogP contribution in [0.2, 0.25) is 0 Å². The fourth-order valence-electron chi connectivity index (χ4n) is 2.08. The molecule has 1 rings (SSSR count). The van der Waals surface area contributed by atoms with Crippen LogP contribution in [-0.4, -0.2) is 28.1 Å². The molecule has 0 saturated heterocycles. The van der Waals surface area contributed by atoms with Gasteiger partial charge in [-0.25, -0.2) is 0 Å². The number of carboxylic acids is 1. The normalized spacial score (nSPS) is 10.8. The molecule has 1 aromatic heterocycles. The molecule has 0 spiro atoms. The summed E-state index contributed by atoms with van der Waals surface area (Å²) in [7, 11) is 0. The molecule has 20 heavy (non-hydrogen) atoms. The Morgan fingerprint density at radius 1 is 1.25 bits per heavy atom. The highest BCUT2D eigenvalue weighted by molar-refractivity contribution is 5.92. The van der Waals surface area contributed by atoms with Crippen molar-refractivity contribution < 1.29 is 14.7 Å². The van der Waals surface area contributed by atoms with Crippen LogP contribution in [-0.2, 0) is 4.79 Å². The monoisotopic (exact) mass is 280 g/mol. The van der Waals surface area contributed by atoms with E-state index in [1.807, 2.05) is 36.7 Å². The van der Waals surface area contributed by atoms with E-state index in [2.05, 4.69) is 5.32 Å². The molecule has 0 aromatic carbocycles. The third-order valence-corrected chi connectivity index (χ3v) is 3.17. The van der Waals surface area contributed by atoms with Crippen LogP contribution in [0.1, 0.15) is 62.5 Å². The van der Waals surface area contributed by atoms with Gasteiger partial charge in [0.15, 0.2) is 0 Å². The first-order chi connectivity index (χ1) is 9.52. The molecule has 1 amide bonds. The van der Waals surface area contributed by atoms with E-state index in [1.165, 1.54) is 0 Å². The molecule has 2 N–H and O–H groups in total. The lowest BCUT2D eigenvalue weighted by atomic mass is 10.1. The van der Waals surface area contributed by atoms with Gasteiger partial charge in [-0.2, -0.15) is 0 Å². The second kappa shape index (κ2) is 8.40. The lowest BCUT2D eigenvalue weighted by Gasteiger charge is -2.12. The maximum absolute atomic E-state index is 12.0. The topological polar surface area (TPSA) is 71.3 Å². The average molecular weight is 280 g/mol. The molecule has 5 nitrogen and oxygen atoms in total. The van der Waals surface area contributed by atoms with E-state index in [9.17, 15) is 9.59 Å². The summed E-state index contributed by atoms with van der Waals surface area (Å²) >= 11 is 0. The largest absolute Gasteiger partial charge is 0.481 e. The third kappa shape index (κ3) is 5.47. The summed E-state index contributed by atoms with van der Waals surface area (Å²) < 4.78 is 1.95. The Balaban J connectivity index is 2.20. The summed E-state index contributed by atoms with van der Waals surface area (Å²) in [4.78, 5) is 22.3. The van der Waals surface area contributed by atoms with Crippen LogP contribution in [0.15, 0.2) is 18.3 Å². The van der Waals surface area contributed by atoms with Gasteiger partial charge in [0.2, 0.25) is 0 Å². The number of hydrogen-bond acceptors (Lipinski definition) is 2. The summed E-state index contributed by atoms with van der Waals surface area (Å²) in [6.07, 6.45) is 5.57. The number of unbranched alkanes of at least 4 members (excludes halogenated alkanes) is 3. The van der Waals surface area contributed by atoms with Gasteiger partial charge in [0.05, 0.1) is 0 Å². The van der Waals surface area contributed by atoms with Crippen LogP contribution in [0.25, 0.3) is 0 Å². The highest BCUT2D eigenvalue weighted by Gasteiger charge is 2.11. The van der Waals surface area contributed by atoms with Gasteiger partial charge in [0, 0.05) is 25.2 Å². The molecular weight excluding hydrogens is 256 g/mol. The van der Waals surface area contributed by atoms with Crippen molar-refractivity contribution in [2.24, 2.45) is 0 Å². The second-order valence-electron chi connectivity index (χ2n) is 5.21. The minimum atomic E-state index is -0.743. The van der Waals surface area contributed by atoms with Crippen LogP contribution in [0, 0.1) is 0 Å². The SMILES string of the molecule is CC(C)n1cccc1C(=O)NCCCCCCC(=O)O. The number of nitrogens with zero attached hydrogens (tertiary/aromatic N) is 1. The van der Waals surface area contributed by atoms with Gasteiger partial charge in [-0.1, -0.05) is 12.8 Å². The average Bonchev–Trinajstić information content (AvgIpc) is 2.86. The fourth-order valence-corrected chi connectivity index (χ4v) is 2.08. The van der Waals surface area contributed by atoms with E-state index in [1.54, 1.807) is 0 Å². The predicted molar refractivity (Wildman–Crippen MR) is 77.9 cm³/mol. The van der Waals surface area contributed by atoms with Crippen molar-refractivity contribution in [2.75, 3.05) is 6.54 Å². The van der Waals surface area contributed by atoms with Crippen molar-refractivity contribution in [3.63, 3.8) is 0 Å². The smallest absolute Gasteiger partial charge is 0.303 e. The minimum absolute atomic E-state index is 0.0470. The molecule has 112 valence electrons. The maximum atomic E-state index is 12.0. The lowest BCUT2D eigenvalue weighted by molar-refractivity contribution is -0.137. The number of rotatable bonds is 9. The van der Waals surface area contributed by atoms with Crippen LogP contribution in [0.4, 0.5) is 0 Å². The first kappa shape index (κ1) is 16.3. The van der Waals surface area contributed by atoms with E-state index < -0.39 is 5.97 Å². The van der Waals surface area contributed by atoms with Crippen molar-refractivity contribution >= 4 is 11.9 Å². The van der Waals surface area contributed by atoms with Crippen LogP contribution in [0.5, 0.6) is 0 Å². The number of carbonyl (C=O) groups excluding carboxylic acids is 1. The van der Waals surface area contributed by atoms with E-state index in [0.29, 0.717) is 18.7 Å². The predicted octanol–water partition coefficient (Wildman–Crippen LogP) is 2.83. The van der Waals surface area contributed by atoms with Crippen molar-refractivity contribution in [3.05, 3.63) is 24.0 Å². The Hall–Kier alpha value is -1.78. The summed E-state index contributed by atoms with van der Waals surface area (Å²) in [5.74, 6) is -0.790. The van der Waals surface area contributed by atoms with Gasteiger partial charge in [0.25, 0.3) is 5.91 Å². The summed E-state index contributed by atoms with van der Waals surface area (Å²) in [6, 6.07) is 3.96. The van der Waals surface area contributed by atoms with Gasteiger partial charge in [-0.15, -0.1) is 0 Å². The Morgan fingerprint density at radius 3 is 2.60 bits per heavy atom. The van der Waals surface area contributed by atoms with Crippen molar-refractivity contribution in [1.82, 2.24) is 9.88 Å². The molecule has 0 fully saturated rings. The molecule has 0 aliphatic rings. The first-order valence-corrected chi connectivity index (χ1v) is 7.19. The highest BCUT2D eigenvalue weighted by Crippen LogP contribution is 2.10. The number of amides is 1. The van der Waals surface area contributed by atoms with Gasteiger partial charge in [-0.3, -0.25) is 9.59 Å². The van der Waals surface area contributed by atoms with Gasteiger partial charge >= 0.3 is 5.97 Å². The Labute approximate surface area is 120 Å². The zero-order valence-corrected chi connectivity index (χ0v) is 12.3. The molecule has 0 radical (unpaired) electrons. The summed E-state index contributed by atoms with van der Waals surface area (Å²) in [6.45, 7) is 4.72. The van der Waals surface area contributed by atoms with Crippen molar-refractivity contribution in [3.8, 4) is 0 Å². The van der Waals surface area contributed by atoms with Crippen LogP contribution < -0.4 is 5.32 Å². The molecule has 1 heterocycles. The van der Waals surface area contributed by atoms with Gasteiger partial charge in [0.1, 0.15) is 5.69 Å². The Bertz CT molecular complexity index is 438. The maximum Gasteiger partial charge on any atom is 0.303 e. The number of carbonyl (C=O) groups is 2. The van der Waals surface area contributed by atoms with E-state index in [4.69, 9.17) is 5.11 Å². The molecule has 0 aliphatic heterocycles. The Kier molecular flexibility index (Phi) is 6.84. The molecule has 0 bridgehead atoms. The second-order valence-corrected chi connectivity index (χ2v) is 5.21. The highest BCUT2D eigenvalue weighted by atomic mass is 16.4. The summed E-state index contributed by atoms with van der Waals surface area (Å²) in [5, 5.41) is 11.4.